The third-order valence-electron chi connectivity index (χ3n) is 2.70. The predicted molar refractivity (Wildman–Crippen MR) is 68.1 cm³/mol. The third kappa shape index (κ3) is 2.61. The van der Waals surface area contributed by atoms with Crippen molar-refractivity contribution < 1.29 is 4.74 Å². The Morgan fingerprint density at radius 1 is 1.06 bits per heavy atom. The molecule has 1 aromatic heterocycles. The van der Waals surface area contributed by atoms with Crippen LogP contribution in [0.2, 0.25) is 0 Å². The molecule has 2 aromatic rings. The summed E-state index contributed by atoms with van der Waals surface area (Å²) in [6, 6.07) is 8.84. The highest BCUT2D eigenvalue weighted by molar-refractivity contribution is 5.62. The van der Waals surface area contributed by atoms with Crippen molar-refractivity contribution in [2.45, 2.75) is 19.8 Å². The van der Waals surface area contributed by atoms with E-state index in [2.05, 4.69) is 48.1 Å². The fourth-order valence-corrected chi connectivity index (χ4v) is 1.65. The molecule has 3 nitrogen and oxygen atoms in total. The highest BCUT2D eigenvalue weighted by Gasteiger charge is 2.03. The van der Waals surface area contributed by atoms with Crippen molar-refractivity contribution in [2.75, 3.05) is 7.11 Å². The Morgan fingerprint density at radius 3 is 2.35 bits per heavy atom. The molecule has 0 aliphatic rings. The smallest absolute Gasteiger partial charge is 0.316 e. The average molecular weight is 228 g/mol. The molecule has 0 amide bonds. The minimum absolute atomic E-state index is 0.397. The van der Waals surface area contributed by atoms with Crippen LogP contribution in [0.15, 0.2) is 36.7 Å². The summed E-state index contributed by atoms with van der Waals surface area (Å²) in [5, 5.41) is 0. The summed E-state index contributed by atoms with van der Waals surface area (Å²) in [4.78, 5) is 8.23. The number of ether oxygens (including phenoxy) is 1. The van der Waals surface area contributed by atoms with Crippen molar-refractivity contribution in [3.05, 3.63) is 42.2 Å². The number of aromatic nitrogens is 2. The van der Waals surface area contributed by atoms with Gasteiger partial charge in [-0.1, -0.05) is 38.1 Å². The highest BCUT2D eigenvalue weighted by Crippen LogP contribution is 2.23. The van der Waals surface area contributed by atoms with Gasteiger partial charge in [0.25, 0.3) is 0 Å². The predicted octanol–water partition coefficient (Wildman–Crippen LogP) is 3.28. The Labute approximate surface area is 102 Å². The molecule has 88 valence electrons. The fraction of sp³-hybridized carbons (Fsp3) is 0.286. The van der Waals surface area contributed by atoms with Crippen LogP contribution < -0.4 is 4.74 Å². The number of methoxy groups -OCH3 is 1. The molecular weight excluding hydrogens is 212 g/mol. The van der Waals surface area contributed by atoms with Gasteiger partial charge < -0.3 is 4.74 Å². The van der Waals surface area contributed by atoms with Gasteiger partial charge in [-0.2, -0.15) is 0 Å². The minimum atomic E-state index is 0.397. The van der Waals surface area contributed by atoms with E-state index in [4.69, 9.17) is 4.74 Å². The first-order chi connectivity index (χ1) is 8.20. The van der Waals surface area contributed by atoms with Gasteiger partial charge in [0.2, 0.25) is 0 Å². The summed E-state index contributed by atoms with van der Waals surface area (Å²) >= 11 is 0. The number of nitrogens with zero attached hydrogens (tertiary/aromatic N) is 2. The standard InChI is InChI=1S/C14H16N2O/c1-10(2)11-5-4-6-12(7-11)13-8-15-14(17-3)16-9-13/h4-10H,1-3H3. The summed E-state index contributed by atoms with van der Waals surface area (Å²) in [6.45, 7) is 4.37. The van der Waals surface area contributed by atoms with Gasteiger partial charge in [0.15, 0.2) is 0 Å². The molecule has 0 radical (unpaired) electrons. The van der Waals surface area contributed by atoms with Crippen molar-refractivity contribution >= 4 is 0 Å². The molecule has 0 unspecified atom stereocenters. The van der Waals surface area contributed by atoms with Crippen LogP contribution in [-0.4, -0.2) is 17.1 Å². The van der Waals surface area contributed by atoms with E-state index in [1.54, 1.807) is 19.5 Å². The van der Waals surface area contributed by atoms with Gasteiger partial charge in [0.1, 0.15) is 0 Å². The van der Waals surface area contributed by atoms with Crippen LogP contribution in [0.4, 0.5) is 0 Å². The fourth-order valence-electron chi connectivity index (χ4n) is 1.65. The van der Waals surface area contributed by atoms with E-state index in [1.807, 2.05) is 0 Å². The van der Waals surface area contributed by atoms with Gasteiger partial charge in [-0.3, -0.25) is 0 Å². The van der Waals surface area contributed by atoms with E-state index >= 15 is 0 Å². The molecule has 0 N–H and O–H groups in total. The van der Waals surface area contributed by atoms with Crippen molar-refractivity contribution in [3.8, 4) is 17.1 Å². The average Bonchev–Trinajstić information content (AvgIpc) is 2.39. The summed E-state index contributed by atoms with van der Waals surface area (Å²) in [6.07, 6.45) is 3.57. The van der Waals surface area contributed by atoms with Crippen LogP contribution in [0.3, 0.4) is 0 Å². The second kappa shape index (κ2) is 4.95. The van der Waals surface area contributed by atoms with Gasteiger partial charge in [-0.15, -0.1) is 0 Å². The van der Waals surface area contributed by atoms with Crippen molar-refractivity contribution in [1.29, 1.82) is 0 Å². The Balaban J connectivity index is 2.35. The summed E-state index contributed by atoms with van der Waals surface area (Å²) in [7, 11) is 1.56. The van der Waals surface area contributed by atoms with Crippen LogP contribution in [0.5, 0.6) is 6.01 Å². The lowest BCUT2D eigenvalue weighted by atomic mass is 9.99. The van der Waals surface area contributed by atoms with Crippen LogP contribution in [0.1, 0.15) is 25.3 Å². The molecule has 0 fully saturated rings. The lowest BCUT2D eigenvalue weighted by molar-refractivity contribution is 0.380. The maximum absolute atomic E-state index is 4.94. The Hall–Kier alpha value is -1.90. The summed E-state index contributed by atoms with van der Waals surface area (Å²) < 4.78 is 4.94. The molecule has 0 spiro atoms. The molecule has 0 bridgehead atoms. The van der Waals surface area contributed by atoms with Gasteiger partial charge in [0, 0.05) is 18.0 Å². The second-order valence-electron chi connectivity index (χ2n) is 4.24. The number of rotatable bonds is 3. The zero-order valence-corrected chi connectivity index (χ0v) is 10.3. The molecular formula is C14H16N2O. The lowest BCUT2D eigenvalue weighted by Crippen LogP contribution is -1.92. The van der Waals surface area contributed by atoms with E-state index in [0.717, 1.165) is 11.1 Å². The summed E-state index contributed by atoms with van der Waals surface area (Å²) in [5.41, 5.74) is 3.46. The van der Waals surface area contributed by atoms with Crippen LogP contribution >= 0.6 is 0 Å². The molecule has 1 aromatic carbocycles. The first kappa shape index (κ1) is 11.6. The molecule has 0 saturated heterocycles. The minimum Gasteiger partial charge on any atom is -0.467 e. The first-order valence-corrected chi connectivity index (χ1v) is 5.67. The second-order valence-corrected chi connectivity index (χ2v) is 4.24. The van der Waals surface area contributed by atoms with Gasteiger partial charge in [-0.25, -0.2) is 9.97 Å². The van der Waals surface area contributed by atoms with E-state index in [1.165, 1.54) is 5.56 Å². The SMILES string of the molecule is COc1ncc(-c2cccc(C(C)C)c2)cn1. The van der Waals surface area contributed by atoms with Crippen molar-refractivity contribution in [1.82, 2.24) is 9.97 Å². The van der Waals surface area contributed by atoms with Crippen LogP contribution in [-0.2, 0) is 0 Å². The third-order valence-corrected chi connectivity index (χ3v) is 2.70. The number of hydrogen-bond donors (Lipinski definition) is 0. The molecule has 1 heterocycles. The molecule has 0 aliphatic heterocycles. The van der Waals surface area contributed by atoms with Crippen LogP contribution in [0.25, 0.3) is 11.1 Å². The number of hydrogen-bond acceptors (Lipinski definition) is 3. The molecule has 0 atom stereocenters. The maximum atomic E-state index is 4.94. The van der Waals surface area contributed by atoms with Gasteiger partial charge >= 0.3 is 6.01 Å². The summed E-state index contributed by atoms with van der Waals surface area (Å²) in [5.74, 6) is 0.522. The zero-order valence-electron chi connectivity index (χ0n) is 10.3. The molecule has 0 saturated carbocycles. The molecule has 0 aliphatic carbocycles. The monoisotopic (exact) mass is 228 g/mol. The van der Waals surface area contributed by atoms with E-state index < -0.39 is 0 Å². The largest absolute Gasteiger partial charge is 0.467 e. The first-order valence-electron chi connectivity index (χ1n) is 5.67. The normalized spacial score (nSPS) is 10.6. The highest BCUT2D eigenvalue weighted by atomic mass is 16.5. The Bertz CT molecular complexity index is 492. The Morgan fingerprint density at radius 2 is 1.76 bits per heavy atom. The Kier molecular flexibility index (Phi) is 3.38. The van der Waals surface area contributed by atoms with Crippen molar-refractivity contribution in [3.63, 3.8) is 0 Å². The molecule has 17 heavy (non-hydrogen) atoms. The quantitative estimate of drug-likeness (QED) is 0.808. The topological polar surface area (TPSA) is 35.0 Å². The van der Waals surface area contributed by atoms with Crippen molar-refractivity contribution in [2.24, 2.45) is 0 Å². The zero-order chi connectivity index (χ0) is 12.3. The van der Waals surface area contributed by atoms with Crippen LogP contribution in [0, 0.1) is 0 Å². The van der Waals surface area contributed by atoms with E-state index in [9.17, 15) is 0 Å². The van der Waals surface area contributed by atoms with E-state index in [0.29, 0.717) is 11.9 Å². The maximum Gasteiger partial charge on any atom is 0.316 e. The lowest BCUT2D eigenvalue weighted by Gasteiger charge is -2.08. The molecule has 2 rings (SSSR count). The van der Waals surface area contributed by atoms with Gasteiger partial charge in [-0.05, 0) is 17.0 Å². The van der Waals surface area contributed by atoms with E-state index in [-0.39, 0.29) is 0 Å². The number of benzene rings is 1. The molecule has 3 heteroatoms. The van der Waals surface area contributed by atoms with Gasteiger partial charge in [0.05, 0.1) is 7.11 Å².